The molecular weight excluding hydrogens is 480 g/mol. The average Bonchev–Trinajstić information content (AvgIpc) is 2.82. The highest BCUT2D eigenvalue weighted by Gasteiger charge is 2.21. The van der Waals surface area contributed by atoms with E-state index in [1.165, 1.54) is 17.0 Å². The number of benzene rings is 2. The number of carbonyl (C=O) groups is 2. The summed E-state index contributed by atoms with van der Waals surface area (Å²) < 4.78 is 16.5. The Bertz CT molecular complexity index is 1060. The number of carboxylic acids is 1. The van der Waals surface area contributed by atoms with Gasteiger partial charge in [0.1, 0.15) is 18.1 Å². The molecule has 1 atom stereocenters. The number of nitrogens with zero attached hydrogens (tertiary/aromatic N) is 2. The molecule has 0 fully saturated rings. The first-order valence-corrected chi connectivity index (χ1v) is 12.2. The first kappa shape index (κ1) is 29.6. The number of nitro benzene ring substituents is 1. The van der Waals surface area contributed by atoms with Crippen LogP contribution >= 0.6 is 0 Å². The van der Waals surface area contributed by atoms with E-state index in [9.17, 15) is 24.8 Å². The molecule has 0 aromatic heterocycles. The van der Waals surface area contributed by atoms with Gasteiger partial charge in [0.2, 0.25) is 0 Å². The summed E-state index contributed by atoms with van der Waals surface area (Å²) in [4.78, 5) is 36.4. The van der Waals surface area contributed by atoms with Crippen LogP contribution in [0.3, 0.4) is 0 Å². The van der Waals surface area contributed by atoms with Crippen molar-refractivity contribution >= 4 is 17.7 Å². The van der Waals surface area contributed by atoms with Gasteiger partial charge in [-0.1, -0.05) is 32.9 Å². The number of carboxylic acid groups (broad SMARTS) is 1. The fourth-order valence-electron chi connectivity index (χ4n) is 3.41. The summed E-state index contributed by atoms with van der Waals surface area (Å²) in [5.41, 5.74) is 1.14. The van der Waals surface area contributed by atoms with Gasteiger partial charge >= 0.3 is 12.1 Å². The van der Waals surface area contributed by atoms with E-state index < -0.39 is 23.1 Å². The SMILES string of the molecule is CCOC(Cc1ccc(OCCN(CCC(C)(C)C)C(=O)Oc2ccc(C)c([N+](=O)[O-])c2)cc1)C(=O)O. The molecule has 1 N–H and O–H groups in total. The normalized spacial score (nSPS) is 12.0. The molecule has 10 heteroatoms. The predicted molar refractivity (Wildman–Crippen MR) is 138 cm³/mol. The molecule has 37 heavy (non-hydrogen) atoms. The van der Waals surface area contributed by atoms with Gasteiger partial charge < -0.3 is 24.2 Å². The monoisotopic (exact) mass is 516 g/mol. The van der Waals surface area contributed by atoms with Crippen LogP contribution in [0, 0.1) is 22.5 Å². The zero-order valence-corrected chi connectivity index (χ0v) is 22.1. The lowest BCUT2D eigenvalue weighted by atomic mass is 9.92. The van der Waals surface area contributed by atoms with E-state index in [2.05, 4.69) is 20.8 Å². The minimum Gasteiger partial charge on any atom is -0.492 e. The Morgan fingerprint density at radius 3 is 2.30 bits per heavy atom. The lowest BCUT2D eigenvalue weighted by Crippen LogP contribution is -2.38. The minimum atomic E-state index is -1.01. The van der Waals surface area contributed by atoms with Gasteiger partial charge in [0.15, 0.2) is 6.10 Å². The second-order valence-electron chi connectivity index (χ2n) is 9.85. The van der Waals surface area contributed by atoms with E-state index in [4.69, 9.17) is 14.2 Å². The third-order valence-corrected chi connectivity index (χ3v) is 5.59. The molecule has 2 rings (SSSR count). The van der Waals surface area contributed by atoms with Crippen LogP contribution in [0.2, 0.25) is 0 Å². The highest BCUT2D eigenvalue weighted by atomic mass is 16.6. The zero-order chi connectivity index (χ0) is 27.6. The molecule has 0 aliphatic heterocycles. The maximum absolute atomic E-state index is 12.9. The molecule has 0 radical (unpaired) electrons. The number of carbonyl (C=O) groups excluding carboxylic acids is 1. The van der Waals surface area contributed by atoms with E-state index >= 15 is 0 Å². The summed E-state index contributed by atoms with van der Waals surface area (Å²) in [5, 5.41) is 20.5. The Morgan fingerprint density at radius 1 is 1.08 bits per heavy atom. The van der Waals surface area contributed by atoms with E-state index in [1.54, 1.807) is 44.2 Å². The number of ether oxygens (including phenoxy) is 3. The number of hydrogen-bond acceptors (Lipinski definition) is 7. The van der Waals surface area contributed by atoms with Crippen molar-refractivity contribution in [2.24, 2.45) is 5.41 Å². The highest BCUT2D eigenvalue weighted by molar-refractivity contribution is 5.72. The van der Waals surface area contributed by atoms with Gasteiger partial charge in [0.25, 0.3) is 5.69 Å². The van der Waals surface area contributed by atoms with Crippen molar-refractivity contribution in [3.05, 3.63) is 63.7 Å². The van der Waals surface area contributed by atoms with Crippen LogP contribution < -0.4 is 9.47 Å². The third kappa shape index (κ3) is 10.1. The van der Waals surface area contributed by atoms with Gasteiger partial charge in [-0.25, -0.2) is 9.59 Å². The Balaban J connectivity index is 2.01. The van der Waals surface area contributed by atoms with Crippen molar-refractivity contribution in [1.29, 1.82) is 0 Å². The maximum Gasteiger partial charge on any atom is 0.415 e. The molecule has 10 nitrogen and oxygen atoms in total. The fourth-order valence-corrected chi connectivity index (χ4v) is 3.41. The van der Waals surface area contributed by atoms with Crippen molar-refractivity contribution < 1.29 is 33.8 Å². The summed E-state index contributed by atoms with van der Waals surface area (Å²) in [6.07, 6.45) is -0.561. The second kappa shape index (κ2) is 13.6. The zero-order valence-electron chi connectivity index (χ0n) is 22.1. The topological polar surface area (TPSA) is 128 Å². The number of hydrogen-bond donors (Lipinski definition) is 1. The highest BCUT2D eigenvalue weighted by Crippen LogP contribution is 2.25. The molecule has 0 spiro atoms. The van der Waals surface area contributed by atoms with Crippen LogP contribution in [-0.2, 0) is 16.0 Å². The van der Waals surface area contributed by atoms with Crippen LogP contribution in [0.25, 0.3) is 0 Å². The lowest BCUT2D eigenvalue weighted by molar-refractivity contribution is -0.385. The van der Waals surface area contributed by atoms with Crippen molar-refractivity contribution in [3.8, 4) is 11.5 Å². The Kier molecular flexibility index (Phi) is 10.9. The van der Waals surface area contributed by atoms with Crippen molar-refractivity contribution in [1.82, 2.24) is 4.90 Å². The minimum absolute atomic E-state index is 0.0207. The van der Waals surface area contributed by atoms with Crippen LogP contribution in [-0.4, -0.2) is 59.4 Å². The summed E-state index contributed by atoms with van der Waals surface area (Å²) in [6.45, 7) is 10.7. The summed E-state index contributed by atoms with van der Waals surface area (Å²) >= 11 is 0. The van der Waals surface area contributed by atoms with Crippen LogP contribution in [0.4, 0.5) is 10.5 Å². The largest absolute Gasteiger partial charge is 0.492 e. The van der Waals surface area contributed by atoms with Gasteiger partial charge in [-0.15, -0.1) is 0 Å². The van der Waals surface area contributed by atoms with Crippen molar-refractivity contribution in [3.63, 3.8) is 0 Å². The Labute approximate surface area is 217 Å². The summed E-state index contributed by atoms with van der Waals surface area (Å²) in [6, 6.07) is 11.3. The van der Waals surface area contributed by atoms with Crippen LogP contribution in [0.5, 0.6) is 11.5 Å². The lowest BCUT2D eigenvalue weighted by Gasteiger charge is -2.26. The third-order valence-electron chi connectivity index (χ3n) is 5.59. The van der Waals surface area contributed by atoms with Crippen molar-refractivity contribution in [2.75, 3.05) is 26.3 Å². The number of nitro groups is 1. The van der Waals surface area contributed by atoms with Gasteiger partial charge in [-0.3, -0.25) is 10.1 Å². The molecule has 0 aliphatic rings. The quantitative estimate of drug-likeness (QED) is 0.282. The molecule has 0 heterocycles. The van der Waals surface area contributed by atoms with E-state index in [0.717, 1.165) is 12.0 Å². The number of amides is 1. The standard InChI is InChI=1S/C27H36N2O8/c1-6-35-24(25(30)31)17-20-8-11-21(12-9-20)36-16-15-28(14-13-27(3,4)5)26(32)37-22-10-7-19(2)23(18-22)29(33)34/h7-12,18,24H,6,13-17H2,1-5H3,(H,30,31). The molecule has 0 aliphatic carbocycles. The van der Waals surface area contributed by atoms with Gasteiger partial charge in [0, 0.05) is 25.1 Å². The first-order valence-electron chi connectivity index (χ1n) is 12.2. The molecule has 202 valence electrons. The van der Waals surface area contributed by atoms with E-state index in [1.807, 2.05) is 0 Å². The molecule has 1 unspecified atom stereocenters. The summed E-state index contributed by atoms with van der Waals surface area (Å²) in [5.74, 6) is -0.332. The van der Waals surface area contributed by atoms with Gasteiger partial charge in [-0.2, -0.15) is 0 Å². The van der Waals surface area contributed by atoms with Gasteiger partial charge in [0.05, 0.1) is 17.5 Å². The molecule has 2 aromatic rings. The number of aryl methyl sites for hydroxylation is 1. The molecule has 1 amide bonds. The number of rotatable bonds is 13. The van der Waals surface area contributed by atoms with Crippen LogP contribution in [0.1, 0.15) is 45.2 Å². The molecule has 0 saturated carbocycles. The summed E-state index contributed by atoms with van der Waals surface area (Å²) in [7, 11) is 0. The second-order valence-corrected chi connectivity index (χ2v) is 9.85. The van der Waals surface area contributed by atoms with E-state index in [0.29, 0.717) is 24.5 Å². The fraction of sp³-hybridized carbons (Fsp3) is 0.481. The Hall–Kier alpha value is -3.66. The molecular formula is C27H36N2O8. The molecule has 0 bridgehead atoms. The molecule has 0 saturated heterocycles. The molecule has 2 aromatic carbocycles. The smallest absolute Gasteiger partial charge is 0.415 e. The predicted octanol–water partition coefficient (Wildman–Crippen LogP) is 5.25. The average molecular weight is 517 g/mol. The van der Waals surface area contributed by atoms with Crippen molar-refractivity contribution in [2.45, 2.75) is 53.6 Å². The van der Waals surface area contributed by atoms with Crippen LogP contribution in [0.15, 0.2) is 42.5 Å². The number of aliphatic carboxylic acids is 1. The first-order chi connectivity index (χ1) is 17.4. The Morgan fingerprint density at radius 2 is 1.73 bits per heavy atom. The van der Waals surface area contributed by atoms with Gasteiger partial charge in [-0.05, 0) is 55.5 Å². The maximum atomic E-state index is 12.9. The van der Waals surface area contributed by atoms with E-state index in [-0.39, 0.29) is 36.4 Å².